The number of rotatable bonds is 5. The minimum atomic E-state index is -4.08. The molecule has 130 valence electrons. The molecule has 0 saturated heterocycles. The van der Waals surface area contributed by atoms with Gasteiger partial charge in [-0.05, 0) is 42.5 Å². The number of halogens is 1. The normalized spacial score (nSPS) is 11.4. The van der Waals surface area contributed by atoms with Crippen molar-refractivity contribution in [3.05, 3.63) is 54.0 Å². The van der Waals surface area contributed by atoms with E-state index in [1.54, 1.807) is 0 Å². The second kappa shape index (κ2) is 6.10. The predicted octanol–water partition coefficient (Wildman–Crippen LogP) is 2.81. The summed E-state index contributed by atoms with van der Waals surface area (Å²) < 4.78 is 45.8. The van der Waals surface area contributed by atoms with E-state index in [0.717, 1.165) is 12.1 Å². The van der Waals surface area contributed by atoms with Crippen LogP contribution in [0.25, 0.3) is 10.9 Å². The lowest BCUT2D eigenvalue weighted by molar-refractivity contribution is 0.0692. The van der Waals surface area contributed by atoms with Gasteiger partial charge in [0.25, 0.3) is 10.0 Å². The van der Waals surface area contributed by atoms with Gasteiger partial charge in [0.15, 0.2) is 0 Å². The molecule has 0 saturated carbocycles. The molecule has 0 radical (unpaired) electrons. The lowest BCUT2D eigenvalue weighted by atomic mass is 10.2. The van der Waals surface area contributed by atoms with Crippen molar-refractivity contribution in [2.45, 2.75) is 4.90 Å². The SMILES string of the molecule is COc1ccc(S(=O)(=O)Nc2c(C(=O)O)[nH]c3ccc(F)cc23)cc1. The number of aromatic carboxylic acids is 1. The highest BCUT2D eigenvalue weighted by atomic mass is 32.2. The molecule has 25 heavy (non-hydrogen) atoms. The average molecular weight is 364 g/mol. The van der Waals surface area contributed by atoms with Crippen LogP contribution in [-0.2, 0) is 10.0 Å². The smallest absolute Gasteiger partial charge is 0.354 e. The van der Waals surface area contributed by atoms with Crippen molar-refractivity contribution >= 4 is 32.6 Å². The summed E-state index contributed by atoms with van der Waals surface area (Å²) in [4.78, 5) is 13.9. The Kier molecular flexibility index (Phi) is 4.09. The van der Waals surface area contributed by atoms with Gasteiger partial charge in [0.2, 0.25) is 0 Å². The number of hydrogen-bond acceptors (Lipinski definition) is 4. The number of carboxylic acids is 1. The Bertz CT molecular complexity index is 1060. The van der Waals surface area contributed by atoms with Crippen molar-refractivity contribution in [1.29, 1.82) is 0 Å². The van der Waals surface area contributed by atoms with Gasteiger partial charge in [-0.1, -0.05) is 0 Å². The first-order chi connectivity index (χ1) is 11.8. The fourth-order valence-corrected chi connectivity index (χ4v) is 3.47. The molecule has 1 heterocycles. The fraction of sp³-hybridized carbons (Fsp3) is 0.0625. The van der Waals surface area contributed by atoms with Crippen molar-refractivity contribution in [3.63, 3.8) is 0 Å². The molecule has 3 aromatic rings. The van der Waals surface area contributed by atoms with Gasteiger partial charge in [0, 0.05) is 10.9 Å². The van der Waals surface area contributed by atoms with Crippen LogP contribution in [-0.4, -0.2) is 31.6 Å². The van der Waals surface area contributed by atoms with Crippen molar-refractivity contribution < 1.29 is 27.4 Å². The highest BCUT2D eigenvalue weighted by molar-refractivity contribution is 7.92. The summed E-state index contributed by atoms with van der Waals surface area (Å²) in [6.45, 7) is 0. The molecular weight excluding hydrogens is 351 g/mol. The molecule has 0 aliphatic heterocycles. The maximum Gasteiger partial charge on any atom is 0.354 e. The van der Waals surface area contributed by atoms with E-state index in [-0.39, 0.29) is 21.7 Å². The minimum absolute atomic E-state index is 0.0876. The van der Waals surface area contributed by atoms with Gasteiger partial charge in [-0.2, -0.15) is 0 Å². The summed E-state index contributed by atoms with van der Waals surface area (Å²) in [6.07, 6.45) is 0. The van der Waals surface area contributed by atoms with Crippen LogP contribution in [0.4, 0.5) is 10.1 Å². The van der Waals surface area contributed by atoms with Crippen LogP contribution in [0.5, 0.6) is 5.75 Å². The van der Waals surface area contributed by atoms with Crippen LogP contribution in [0, 0.1) is 5.82 Å². The molecule has 1 aromatic heterocycles. The molecule has 9 heteroatoms. The monoisotopic (exact) mass is 364 g/mol. The number of carboxylic acid groups (broad SMARTS) is 1. The average Bonchev–Trinajstić information content (AvgIpc) is 2.92. The largest absolute Gasteiger partial charge is 0.497 e. The molecule has 0 aliphatic rings. The molecule has 0 spiro atoms. The summed E-state index contributed by atoms with van der Waals surface area (Å²) in [5.74, 6) is -1.52. The Morgan fingerprint density at radius 1 is 1.20 bits per heavy atom. The van der Waals surface area contributed by atoms with Crippen molar-refractivity contribution in [2.75, 3.05) is 11.8 Å². The van der Waals surface area contributed by atoms with E-state index in [2.05, 4.69) is 9.71 Å². The highest BCUT2D eigenvalue weighted by Crippen LogP contribution is 2.31. The first kappa shape index (κ1) is 16.8. The Morgan fingerprint density at radius 3 is 2.48 bits per heavy atom. The molecule has 7 nitrogen and oxygen atoms in total. The van der Waals surface area contributed by atoms with Crippen LogP contribution in [0.3, 0.4) is 0 Å². The lowest BCUT2D eigenvalue weighted by Crippen LogP contribution is -2.15. The van der Waals surface area contributed by atoms with Crippen molar-refractivity contribution in [2.24, 2.45) is 0 Å². The zero-order valence-corrected chi connectivity index (χ0v) is 13.7. The molecule has 0 atom stereocenters. The van der Waals surface area contributed by atoms with Crippen LogP contribution in [0.1, 0.15) is 10.5 Å². The molecular formula is C16H13FN2O5S. The molecule has 3 rings (SSSR count). The van der Waals surface area contributed by atoms with Crippen LogP contribution in [0.15, 0.2) is 47.4 Å². The van der Waals surface area contributed by atoms with E-state index in [1.807, 2.05) is 0 Å². The quantitative estimate of drug-likeness (QED) is 0.645. The number of fused-ring (bicyclic) bond motifs is 1. The van der Waals surface area contributed by atoms with Gasteiger partial charge in [-0.15, -0.1) is 0 Å². The first-order valence-electron chi connectivity index (χ1n) is 7.03. The summed E-state index contributed by atoms with van der Waals surface area (Å²) in [5, 5.41) is 9.42. The van der Waals surface area contributed by atoms with E-state index in [1.165, 1.54) is 37.4 Å². The highest BCUT2D eigenvalue weighted by Gasteiger charge is 2.23. The number of hydrogen-bond donors (Lipinski definition) is 3. The van der Waals surface area contributed by atoms with Crippen molar-refractivity contribution in [3.8, 4) is 5.75 Å². The van der Waals surface area contributed by atoms with Gasteiger partial charge >= 0.3 is 5.97 Å². The van der Waals surface area contributed by atoms with Gasteiger partial charge in [-0.25, -0.2) is 17.6 Å². The van der Waals surface area contributed by atoms with E-state index in [4.69, 9.17) is 4.74 Å². The third-order valence-corrected chi connectivity index (χ3v) is 4.95. The number of sulfonamides is 1. The number of anilines is 1. The van der Waals surface area contributed by atoms with Gasteiger partial charge in [0.05, 0.1) is 17.7 Å². The molecule has 0 unspecified atom stereocenters. The number of methoxy groups -OCH3 is 1. The minimum Gasteiger partial charge on any atom is -0.497 e. The third-order valence-electron chi connectivity index (χ3n) is 3.58. The number of H-pyrrole nitrogens is 1. The molecule has 0 aliphatic carbocycles. The second-order valence-electron chi connectivity index (χ2n) is 5.15. The zero-order chi connectivity index (χ0) is 18.2. The van der Waals surface area contributed by atoms with Crippen LogP contribution in [0.2, 0.25) is 0 Å². The predicted molar refractivity (Wildman–Crippen MR) is 89.0 cm³/mol. The zero-order valence-electron chi connectivity index (χ0n) is 12.9. The second-order valence-corrected chi connectivity index (χ2v) is 6.83. The van der Waals surface area contributed by atoms with E-state index < -0.39 is 21.8 Å². The van der Waals surface area contributed by atoms with Gasteiger partial charge in [0.1, 0.15) is 17.3 Å². The molecule has 0 amide bonds. The molecule has 0 fully saturated rings. The lowest BCUT2D eigenvalue weighted by Gasteiger charge is -2.09. The summed E-state index contributed by atoms with van der Waals surface area (Å²) in [5.41, 5.74) is -0.304. The van der Waals surface area contributed by atoms with Gasteiger partial charge in [-0.3, -0.25) is 4.72 Å². The maximum atomic E-state index is 13.5. The Labute approximate surface area is 142 Å². The standard InChI is InChI=1S/C16H13FN2O5S/c1-24-10-3-5-11(6-4-10)25(22,23)19-14-12-8-9(17)2-7-13(12)18-15(14)16(20)21/h2-8,18-19H,1H3,(H,20,21). The van der Waals surface area contributed by atoms with E-state index >= 15 is 0 Å². The summed E-state index contributed by atoms with van der Waals surface area (Å²) in [6, 6.07) is 9.09. The number of carbonyl (C=O) groups is 1. The fourth-order valence-electron chi connectivity index (χ4n) is 2.38. The third kappa shape index (κ3) is 3.13. The van der Waals surface area contributed by atoms with E-state index in [0.29, 0.717) is 11.3 Å². The van der Waals surface area contributed by atoms with E-state index in [9.17, 15) is 22.7 Å². The summed E-state index contributed by atoms with van der Waals surface area (Å²) in [7, 11) is -2.63. The Morgan fingerprint density at radius 2 is 1.88 bits per heavy atom. The molecule has 0 bridgehead atoms. The molecule has 2 aromatic carbocycles. The number of ether oxygens (including phenoxy) is 1. The number of aromatic amines is 1. The number of benzene rings is 2. The van der Waals surface area contributed by atoms with Crippen LogP contribution < -0.4 is 9.46 Å². The molecule has 3 N–H and O–H groups in total. The summed E-state index contributed by atoms with van der Waals surface area (Å²) >= 11 is 0. The first-order valence-corrected chi connectivity index (χ1v) is 8.51. The van der Waals surface area contributed by atoms with Gasteiger partial charge < -0.3 is 14.8 Å². The topological polar surface area (TPSA) is 108 Å². The van der Waals surface area contributed by atoms with Crippen molar-refractivity contribution in [1.82, 2.24) is 4.98 Å². The Hall–Kier alpha value is -3.07. The van der Waals surface area contributed by atoms with Crippen LogP contribution >= 0.6 is 0 Å². The maximum absolute atomic E-state index is 13.5. The number of aromatic nitrogens is 1. The number of nitrogens with one attached hydrogen (secondary N) is 2. The Balaban J connectivity index is 2.10.